The van der Waals surface area contributed by atoms with Gasteiger partial charge in [-0.25, -0.2) is 9.78 Å². The predicted molar refractivity (Wildman–Crippen MR) is 71.7 cm³/mol. The first-order chi connectivity index (χ1) is 9.38. The second-order valence-corrected chi connectivity index (χ2v) is 4.56. The minimum atomic E-state index is -0.0821. The van der Waals surface area contributed by atoms with Crippen molar-refractivity contribution in [3.8, 4) is 5.75 Å². The van der Waals surface area contributed by atoms with E-state index in [9.17, 15) is 0 Å². The molecule has 0 aromatic heterocycles. The second-order valence-electron chi connectivity index (χ2n) is 4.56. The zero-order chi connectivity index (χ0) is 13.1. The van der Waals surface area contributed by atoms with E-state index in [-0.39, 0.29) is 12.2 Å². The van der Waals surface area contributed by atoms with Gasteiger partial charge in [0.2, 0.25) is 0 Å². The molecule has 1 saturated heterocycles. The first-order valence-corrected chi connectivity index (χ1v) is 6.38. The summed E-state index contributed by atoms with van der Waals surface area (Å²) in [6.45, 7) is 0. The highest BCUT2D eigenvalue weighted by Gasteiger charge is 2.31. The van der Waals surface area contributed by atoms with Gasteiger partial charge in [-0.05, 0) is 11.6 Å². The van der Waals surface area contributed by atoms with E-state index in [0.717, 1.165) is 23.3 Å². The van der Waals surface area contributed by atoms with Gasteiger partial charge in [-0.3, -0.25) is 0 Å². The molecule has 0 N–H and O–H groups in total. The van der Waals surface area contributed by atoms with Gasteiger partial charge in [0.15, 0.2) is 0 Å². The number of ether oxygens (including phenoxy) is 1. The van der Waals surface area contributed by atoms with Crippen LogP contribution >= 0.6 is 0 Å². The van der Waals surface area contributed by atoms with Gasteiger partial charge in [-0.15, -0.1) is 0 Å². The molecule has 3 heteroatoms. The molecule has 0 bridgehead atoms. The van der Waals surface area contributed by atoms with E-state index in [1.165, 1.54) is 0 Å². The highest BCUT2D eigenvalue weighted by atomic mass is 17.2. The van der Waals surface area contributed by atoms with Gasteiger partial charge in [0.1, 0.15) is 18.0 Å². The van der Waals surface area contributed by atoms with Crippen molar-refractivity contribution in [2.75, 3.05) is 7.11 Å². The van der Waals surface area contributed by atoms with Crippen molar-refractivity contribution in [2.45, 2.75) is 18.6 Å². The predicted octanol–water partition coefficient (Wildman–Crippen LogP) is 3.83. The van der Waals surface area contributed by atoms with Gasteiger partial charge in [0, 0.05) is 12.0 Å². The van der Waals surface area contributed by atoms with Crippen LogP contribution in [-0.4, -0.2) is 7.11 Å². The van der Waals surface area contributed by atoms with Crippen molar-refractivity contribution < 1.29 is 14.5 Å². The van der Waals surface area contributed by atoms with Crippen molar-refractivity contribution in [3.05, 3.63) is 65.7 Å². The van der Waals surface area contributed by atoms with E-state index in [1.807, 2.05) is 42.5 Å². The largest absolute Gasteiger partial charge is 0.496 e. The van der Waals surface area contributed by atoms with Gasteiger partial charge in [0.05, 0.1) is 7.11 Å². The highest BCUT2D eigenvalue weighted by Crippen LogP contribution is 2.41. The molecule has 1 heterocycles. The Morgan fingerprint density at radius 2 is 1.58 bits per heavy atom. The highest BCUT2D eigenvalue weighted by molar-refractivity contribution is 5.35. The van der Waals surface area contributed by atoms with Gasteiger partial charge in [-0.2, -0.15) is 0 Å². The van der Waals surface area contributed by atoms with Crippen molar-refractivity contribution in [3.63, 3.8) is 0 Å². The Morgan fingerprint density at radius 1 is 0.895 bits per heavy atom. The van der Waals surface area contributed by atoms with Gasteiger partial charge < -0.3 is 4.74 Å². The third-order valence-electron chi connectivity index (χ3n) is 3.37. The Bertz CT molecular complexity index is 539. The Morgan fingerprint density at radius 3 is 2.37 bits per heavy atom. The number of rotatable bonds is 3. The zero-order valence-corrected chi connectivity index (χ0v) is 10.8. The lowest BCUT2D eigenvalue weighted by molar-refractivity contribution is -0.300. The molecule has 2 aromatic carbocycles. The summed E-state index contributed by atoms with van der Waals surface area (Å²) < 4.78 is 5.36. The minimum Gasteiger partial charge on any atom is -0.496 e. The number of benzene rings is 2. The quantitative estimate of drug-likeness (QED) is 0.781. The van der Waals surface area contributed by atoms with Crippen LogP contribution in [0.25, 0.3) is 0 Å². The summed E-state index contributed by atoms with van der Waals surface area (Å²) in [5, 5.41) is 0. The average Bonchev–Trinajstić information content (AvgIpc) is 2.98. The third kappa shape index (κ3) is 2.48. The first kappa shape index (κ1) is 12.2. The van der Waals surface area contributed by atoms with Crippen molar-refractivity contribution in [1.29, 1.82) is 0 Å². The Kier molecular flexibility index (Phi) is 3.49. The maximum Gasteiger partial charge on any atom is 0.124 e. The van der Waals surface area contributed by atoms with E-state index in [2.05, 4.69) is 12.1 Å². The number of hydrogen-bond acceptors (Lipinski definition) is 3. The summed E-state index contributed by atoms with van der Waals surface area (Å²) in [6, 6.07) is 18.0. The van der Waals surface area contributed by atoms with Crippen LogP contribution in [0.2, 0.25) is 0 Å². The zero-order valence-electron chi connectivity index (χ0n) is 10.8. The van der Waals surface area contributed by atoms with Crippen LogP contribution in [0.5, 0.6) is 5.75 Å². The fourth-order valence-corrected chi connectivity index (χ4v) is 2.38. The van der Waals surface area contributed by atoms with Crippen molar-refractivity contribution >= 4 is 0 Å². The summed E-state index contributed by atoms with van der Waals surface area (Å²) in [4.78, 5) is 10.9. The molecule has 19 heavy (non-hydrogen) atoms. The van der Waals surface area contributed by atoms with Crippen LogP contribution in [0.15, 0.2) is 54.6 Å². The van der Waals surface area contributed by atoms with Crippen LogP contribution in [-0.2, 0) is 9.78 Å². The van der Waals surface area contributed by atoms with Crippen LogP contribution in [0.4, 0.5) is 0 Å². The smallest absolute Gasteiger partial charge is 0.124 e. The number of methoxy groups -OCH3 is 1. The van der Waals surface area contributed by atoms with Crippen molar-refractivity contribution in [1.82, 2.24) is 0 Å². The topological polar surface area (TPSA) is 27.7 Å². The van der Waals surface area contributed by atoms with E-state index in [4.69, 9.17) is 14.5 Å². The molecule has 1 aliphatic heterocycles. The van der Waals surface area contributed by atoms with E-state index < -0.39 is 0 Å². The summed E-state index contributed by atoms with van der Waals surface area (Å²) >= 11 is 0. The number of hydrogen-bond donors (Lipinski definition) is 0. The van der Waals surface area contributed by atoms with E-state index >= 15 is 0 Å². The maximum absolute atomic E-state index is 5.47. The Balaban J connectivity index is 1.79. The second kappa shape index (κ2) is 5.43. The molecule has 3 rings (SSSR count). The Hall–Kier alpha value is -1.84. The average molecular weight is 256 g/mol. The van der Waals surface area contributed by atoms with Crippen LogP contribution < -0.4 is 4.74 Å². The van der Waals surface area contributed by atoms with E-state index in [0.29, 0.717) is 0 Å². The lowest BCUT2D eigenvalue weighted by Gasteiger charge is -2.11. The van der Waals surface area contributed by atoms with Gasteiger partial charge >= 0.3 is 0 Å². The SMILES string of the molecule is COc1ccccc1[C@@H]1C[C@H](c2ccccc2)OO1. The molecular formula is C16H16O3. The van der Waals surface area contributed by atoms with Gasteiger partial charge in [-0.1, -0.05) is 48.5 Å². The Labute approximate surface area is 112 Å². The normalized spacial score (nSPS) is 22.4. The lowest BCUT2D eigenvalue weighted by Crippen LogP contribution is -1.99. The monoisotopic (exact) mass is 256 g/mol. The molecule has 0 radical (unpaired) electrons. The maximum atomic E-state index is 5.47. The summed E-state index contributed by atoms with van der Waals surface area (Å²) in [5.41, 5.74) is 2.17. The number of para-hydroxylation sites is 1. The fourth-order valence-electron chi connectivity index (χ4n) is 2.38. The molecule has 0 saturated carbocycles. The molecule has 0 amide bonds. The summed E-state index contributed by atoms with van der Waals surface area (Å²) in [6.07, 6.45) is 0.696. The lowest BCUT2D eigenvalue weighted by atomic mass is 9.99. The molecule has 1 aliphatic rings. The molecular weight excluding hydrogens is 240 g/mol. The molecule has 2 atom stereocenters. The van der Waals surface area contributed by atoms with Crippen LogP contribution in [0.3, 0.4) is 0 Å². The molecule has 0 spiro atoms. The van der Waals surface area contributed by atoms with Crippen LogP contribution in [0.1, 0.15) is 29.8 Å². The molecule has 2 aromatic rings. The molecule has 0 unspecified atom stereocenters. The third-order valence-corrected chi connectivity index (χ3v) is 3.37. The molecule has 1 fully saturated rings. The molecule has 98 valence electrons. The summed E-state index contributed by atoms with van der Waals surface area (Å²) in [5.74, 6) is 0.838. The fraction of sp³-hybridized carbons (Fsp3) is 0.250. The molecule has 3 nitrogen and oxygen atoms in total. The van der Waals surface area contributed by atoms with Crippen molar-refractivity contribution in [2.24, 2.45) is 0 Å². The minimum absolute atomic E-state index is 0.0175. The standard InChI is InChI=1S/C16H16O3/c1-17-14-10-6-5-9-13(14)16-11-15(18-19-16)12-7-3-2-4-8-12/h2-10,15-16H,11H2,1H3/t15-,16+/m1/s1. The van der Waals surface area contributed by atoms with Crippen LogP contribution in [0, 0.1) is 0 Å². The molecule has 0 aliphatic carbocycles. The van der Waals surface area contributed by atoms with Gasteiger partial charge in [0.25, 0.3) is 0 Å². The van der Waals surface area contributed by atoms with E-state index in [1.54, 1.807) is 7.11 Å². The summed E-state index contributed by atoms with van der Waals surface area (Å²) in [7, 11) is 1.67. The first-order valence-electron chi connectivity index (χ1n) is 6.38.